The number of benzene rings is 1. The van der Waals surface area contributed by atoms with Gasteiger partial charge in [0.05, 0.1) is 6.54 Å². The molecule has 4 heteroatoms. The van der Waals surface area contributed by atoms with E-state index in [1.165, 1.54) is 24.8 Å². The molecule has 2 atom stereocenters. The van der Waals surface area contributed by atoms with Crippen molar-refractivity contribution in [2.24, 2.45) is 0 Å². The van der Waals surface area contributed by atoms with Crippen molar-refractivity contribution < 1.29 is 4.79 Å². The Kier molecular flexibility index (Phi) is 7.76. The quantitative estimate of drug-likeness (QED) is 0.906. The lowest BCUT2D eigenvalue weighted by Gasteiger charge is -2.32. The molecule has 1 aromatic carbocycles. The standard InChI is InChI=1S/C17H26N2O.ClH/c1-14(12-16-9-4-3-5-10-16)18-17(20)13-19-11-7-6-8-15(19)2;/h3-5,9-10,14-15H,6-8,11-13H2,1-2H3,(H,18,20);1H. The van der Waals surface area contributed by atoms with Gasteiger partial charge >= 0.3 is 0 Å². The van der Waals surface area contributed by atoms with E-state index in [4.69, 9.17) is 0 Å². The number of amides is 1. The highest BCUT2D eigenvalue weighted by atomic mass is 35.5. The van der Waals surface area contributed by atoms with Crippen molar-refractivity contribution >= 4 is 18.3 Å². The highest BCUT2D eigenvalue weighted by molar-refractivity contribution is 5.85. The molecule has 1 amide bonds. The Morgan fingerprint density at radius 2 is 2.05 bits per heavy atom. The summed E-state index contributed by atoms with van der Waals surface area (Å²) in [6.45, 7) is 5.90. The third-order valence-corrected chi connectivity index (χ3v) is 4.08. The van der Waals surface area contributed by atoms with Gasteiger partial charge in [-0.1, -0.05) is 36.8 Å². The summed E-state index contributed by atoms with van der Waals surface area (Å²) in [5.41, 5.74) is 1.27. The minimum Gasteiger partial charge on any atom is -0.352 e. The zero-order valence-electron chi connectivity index (χ0n) is 13.0. The lowest BCUT2D eigenvalue weighted by atomic mass is 10.0. The number of rotatable bonds is 5. The van der Waals surface area contributed by atoms with Gasteiger partial charge in [0.25, 0.3) is 0 Å². The second-order valence-electron chi connectivity index (χ2n) is 5.97. The zero-order valence-corrected chi connectivity index (χ0v) is 13.9. The Balaban J connectivity index is 0.00000220. The first-order chi connectivity index (χ1) is 9.65. The first kappa shape index (κ1) is 18.0. The molecule has 2 unspecified atom stereocenters. The van der Waals surface area contributed by atoms with Gasteiger partial charge in [0.2, 0.25) is 5.91 Å². The predicted molar refractivity (Wildman–Crippen MR) is 89.9 cm³/mol. The topological polar surface area (TPSA) is 32.3 Å². The molecule has 1 N–H and O–H groups in total. The number of nitrogens with one attached hydrogen (secondary N) is 1. The van der Waals surface area contributed by atoms with Gasteiger partial charge in [-0.2, -0.15) is 0 Å². The van der Waals surface area contributed by atoms with Crippen LogP contribution in [0.15, 0.2) is 30.3 Å². The molecule has 2 rings (SSSR count). The lowest BCUT2D eigenvalue weighted by Crippen LogP contribution is -2.46. The van der Waals surface area contributed by atoms with Crippen LogP contribution in [-0.2, 0) is 11.2 Å². The summed E-state index contributed by atoms with van der Waals surface area (Å²) in [4.78, 5) is 14.4. The molecule has 0 aliphatic carbocycles. The average Bonchev–Trinajstić information content (AvgIpc) is 2.42. The first-order valence-corrected chi connectivity index (χ1v) is 7.72. The van der Waals surface area contributed by atoms with E-state index in [9.17, 15) is 4.79 Å². The summed E-state index contributed by atoms with van der Waals surface area (Å²) < 4.78 is 0. The van der Waals surface area contributed by atoms with Crippen LogP contribution in [0.2, 0.25) is 0 Å². The number of nitrogens with zero attached hydrogens (tertiary/aromatic N) is 1. The maximum absolute atomic E-state index is 12.1. The Morgan fingerprint density at radius 1 is 1.33 bits per heavy atom. The van der Waals surface area contributed by atoms with E-state index in [0.29, 0.717) is 12.6 Å². The van der Waals surface area contributed by atoms with Gasteiger partial charge in [0.1, 0.15) is 0 Å². The number of piperidine rings is 1. The second kappa shape index (κ2) is 9.06. The van der Waals surface area contributed by atoms with Crippen molar-refractivity contribution in [1.82, 2.24) is 10.2 Å². The van der Waals surface area contributed by atoms with E-state index in [1.807, 2.05) is 18.2 Å². The Morgan fingerprint density at radius 3 is 2.71 bits per heavy atom. The fourth-order valence-electron chi connectivity index (χ4n) is 2.92. The molecular formula is C17H27ClN2O. The van der Waals surface area contributed by atoms with Gasteiger partial charge < -0.3 is 5.32 Å². The number of hydrogen-bond donors (Lipinski definition) is 1. The molecule has 0 aromatic heterocycles. The highest BCUT2D eigenvalue weighted by Crippen LogP contribution is 2.15. The number of carbonyl (C=O) groups is 1. The van der Waals surface area contributed by atoms with E-state index in [1.54, 1.807) is 0 Å². The van der Waals surface area contributed by atoms with Crippen LogP contribution in [0, 0.1) is 0 Å². The fourth-order valence-corrected chi connectivity index (χ4v) is 2.92. The SMILES string of the molecule is CC(Cc1ccccc1)NC(=O)CN1CCCCC1C.Cl. The van der Waals surface area contributed by atoms with Crippen LogP contribution in [-0.4, -0.2) is 36.0 Å². The van der Waals surface area contributed by atoms with Crippen LogP contribution in [0.5, 0.6) is 0 Å². The molecule has 21 heavy (non-hydrogen) atoms. The summed E-state index contributed by atoms with van der Waals surface area (Å²) in [6.07, 6.45) is 4.62. The van der Waals surface area contributed by atoms with Crippen LogP contribution < -0.4 is 5.32 Å². The predicted octanol–water partition coefficient (Wildman–Crippen LogP) is 3.03. The number of likely N-dealkylation sites (tertiary alicyclic amines) is 1. The van der Waals surface area contributed by atoms with E-state index in [0.717, 1.165) is 13.0 Å². The smallest absolute Gasteiger partial charge is 0.234 e. The Labute approximate surface area is 134 Å². The van der Waals surface area contributed by atoms with Crippen LogP contribution in [0.25, 0.3) is 0 Å². The molecule has 1 fully saturated rings. The molecule has 1 heterocycles. The maximum atomic E-state index is 12.1. The van der Waals surface area contributed by atoms with Crippen molar-refractivity contribution in [3.63, 3.8) is 0 Å². The van der Waals surface area contributed by atoms with Crippen LogP contribution in [0.4, 0.5) is 0 Å². The third-order valence-electron chi connectivity index (χ3n) is 4.08. The van der Waals surface area contributed by atoms with Gasteiger partial charge in [-0.3, -0.25) is 9.69 Å². The van der Waals surface area contributed by atoms with Gasteiger partial charge in [-0.05, 0) is 45.2 Å². The van der Waals surface area contributed by atoms with Crippen molar-refractivity contribution in [2.75, 3.05) is 13.1 Å². The van der Waals surface area contributed by atoms with Crippen molar-refractivity contribution in [2.45, 2.75) is 51.6 Å². The summed E-state index contributed by atoms with van der Waals surface area (Å²) in [5.74, 6) is 0.155. The molecule has 3 nitrogen and oxygen atoms in total. The molecule has 1 aliphatic heterocycles. The normalized spacial score (nSPS) is 20.4. The van der Waals surface area contributed by atoms with Gasteiger partial charge in [0.15, 0.2) is 0 Å². The summed E-state index contributed by atoms with van der Waals surface area (Å²) >= 11 is 0. The first-order valence-electron chi connectivity index (χ1n) is 7.72. The third kappa shape index (κ3) is 6.06. The molecule has 0 saturated carbocycles. The Bertz CT molecular complexity index is 424. The molecule has 1 saturated heterocycles. The summed E-state index contributed by atoms with van der Waals surface area (Å²) in [6, 6.07) is 11.0. The molecular weight excluding hydrogens is 284 g/mol. The largest absolute Gasteiger partial charge is 0.352 e. The van der Waals surface area contributed by atoms with Crippen molar-refractivity contribution in [3.8, 4) is 0 Å². The van der Waals surface area contributed by atoms with E-state index in [2.05, 4.69) is 36.2 Å². The number of halogens is 1. The zero-order chi connectivity index (χ0) is 14.4. The highest BCUT2D eigenvalue weighted by Gasteiger charge is 2.20. The monoisotopic (exact) mass is 310 g/mol. The second-order valence-corrected chi connectivity index (χ2v) is 5.97. The van der Waals surface area contributed by atoms with Crippen LogP contribution in [0.3, 0.4) is 0 Å². The molecule has 0 spiro atoms. The van der Waals surface area contributed by atoms with E-state index >= 15 is 0 Å². The summed E-state index contributed by atoms with van der Waals surface area (Å²) in [7, 11) is 0. The number of carbonyl (C=O) groups excluding carboxylic acids is 1. The Hall–Kier alpha value is -1.06. The molecule has 118 valence electrons. The van der Waals surface area contributed by atoms with Crippen molar-refractivity contribution in [1.29, 1.82) is 0 Å². The van der Waals surface area contributed by atoms with E-state index < -0.39 is 0 Å². The molecule has 1 aliphatic rings. The maximum Gasteiger partial charge on any atom is 0.234 e. The minimum atomic E-state index is 0. The molecule has 0 radical (unpaired) electrons. The average molecular weight is 311 g/mol. The summed E-state index contributed by atoms with van der Waals surface area (Å²) in [5, 5.41) is 3.12. The van der Waals surface area contributed by atoms with Crippen LogP contribution >= 0.6 is 12.4 Å². The molecule has 0 bridgehead atoms. The van der Waals surface area contributed by atoms with Crippen molar-refractivity contribution in [3.05, 3.63) is 35.9 Å². The van der Waals surface area contributed by atoms with Gasteiger partial charge in [-0.25, -0.2) is 0 Å². The van der Waals surface area contributed by atoms with Gasteiger partial charge in [0, 0.05) is 12.1 Å². The number of hydrogen-bond acceptors (Lipinski definition) is 2. The van der Waals surface area contributed by atoms with Crippen LogP contribution in [0.1, 0.15) is 38.7 Å². The lowest BCUT2D eigenvalue weighted by molar-refractivity contribution is -0.123. The molecule has 1 aromatic rings. The minimum absolute atomic E-state index is 0. The van der Waals surface area contributed by atoms with Gasteiger partial charge in [-0.15, -0.1) is 12.4 Å². The van der Waals surface area contributed by atoms with E-state index in [-0.39, 0.29) is 24.4 Å². The fraction of sp³-hybridized carbons (Fsp3) is 0.588.